The maximum Gasteiger partial charge on any atom is 0.411 e. The number of carbonyl (C=O) groups excluding carboxylic acids is 2. The molecule has 3 aliphatic rings. The van der Waals surface area contributed by atoms with Crippen LogP contribution in [0.3, 0.4) is 0 Å². The second-order valence-corrected chi connectivity index (χ2v) is 13.7. The Hall–Kier alpha value is -4.68. The number of nitrogens with one attached hydrogen (secondary N) is 3. The highest BCUT2D eigenvalue weighted by molar-refractivity contribution is 7.92. The number of hydrogen-bond donors (Lipinski definition) is 3. The number of H-pyrrole nitrogens is 1. The Morgan fingerprint density at radius 2 is 1.80 bits per heavy atom. The number of aromatic nitrogens is 1. The van der Waals surface area contributed by atoms with Gasteiger partial charge >= 0.3 is 6.09 Å². The maximum atomic E-state index is 14.3. The topological polar surface area (TPSA) is 147 Å². The lowest BCUT2D eigenvalue weighted by atomic mass is 9.96. The average molecular weight is 631 g/mol. The lowest BCUT2D eigenvalue weighted by Crippen LogP contribution is -2.35. The number of ether oxygens (including phenoxy) is 2. The van der Waals surface area contributed by atoms with Crippen molar-refractivity contribution < 1.29 is 27.5 Å². The molecule has 7 rings (SSSR count). The highest BCUT2D eigenvalue weighted by atomic mass is 32.2. The molecule has 4 aromatic rings. The van der Waals surface area contributed by atoms with Crippen molar-refractivity contribution in [2.45, 2.75) is 48.6 Å². The van der Waals surface area contributed by atoms with Gasteiger partial charge in [-0.2, -0.15) is 0 Å². The van der Waals surface area contributed by atoms with E-state index in [2.05, 4.69) is 15.6 Å². The van der Waals surface area contributed by atoms with Crippen LogP contribution in [0.2, 0.25) is 0 Å². The van der Waals surface area contributed by atoms with E-state index >= 15 is 0 Å². The fraction of sp³-hybridized carbons (Fsp3) is 0.303. The first-order chi connectivity index (χ1) is 21.5. The van der Waals surface area contributed by atoms with E-state index in [-0.39, 0.29) is 29.5 Å². The van der Waals surface area contributed by atoms with Crippen molar-refractivity contribution in [1.82, 2.24) is 9.88 Å². The van der Waals surface area contributed by atoms with Crippen LogP contribution in [0.1, 0.15) is 47.2 Å². The average Bonchev–Trinajstić information content (AvgIpc) is 3.87. The summed E-state index contributed by atoms with van der Waals surface area (Å²) in [5.41, 5.74) is 3.28. The minimum Gasteiger partial charge on any atom is -0.446 e. The van der Waals surface area contributed by atoms with E-state index in [0.717, 1.165) is 16.5 Å². The Bertz CT molecular complexity index is 1970. The molecule has 1 aromatic heterocycles. The summed E-state index contributed by atoms with van der Waals surface area (Å²) < 4.78 is 37.9. The zero-order valence-electron chi connectivity index (χ0n) is 25.1. The zero-order valence-corrected chi connectivity index (χ0v) is 25.9. The molecule has 0 saturated heterocycles. The van der Waals surface area contributed by atoms with E-state index < -0.39 is 33.3 Å². The van der Waals surface area contributed by atoms with E-state index in [0.29, 0.717) is 40.7 Å². The maximum absolute atomic E-state index is 14.3. The second kappa shape index (κ2) is 12.0. The number of pyridine rings is 1. The van der Waals surface area contributed by atoms with Gasteiger partial charge in [-0.25, -0.2) is 13.2 Å². The third kappa shape index (κ3) is 6.16. The number of anilines is 2. The molecular formula is C33H34N4O7S. The van der Waals surface area contributed by atoms with Crippen molar-refractivity contribution in [3.8, 4) is 0 Å². The number of aryl methyl sites for hydroxylation is 1. The van der Waals surface area contributed by atoms with E-state index in [9.17, 15) is 22.8 Å². The molecule has 4 bridgehead atoms. The van der Waals surface area contributed by atoms with Crippen molar-refractivity contribution in [3.05, 3.63) is 99.5 Å². The molecule has 0 unspecified atom stereocenters. The van der Waals surface area contributed by atoms with Crippen LogP contribution in [-0.2, 0) is 30.7 Å². The van der Waals surface area contributed by atoms with Crippen molar-refractivity contribution >= 4 is 44.0 Å². The molecule has 1 fully saturated rings. The summed E-state index contributed by atoms with van der Waals surface area (Å²) >= 11 is 0. The highest BCUT2D eigenvalue weighted by Crippen LogP contribution is 2.36. The molecule has 0 radical (unpaired) electrons. The van der Waals surface area contributed by atoms with Gasteiger partial charge in [0.25, 0.3) is 5.56 Å². The summed E-state index contributed by atoms with van der Waals surface area (Å²) in [6.07, 6.45) is 1.46. The van der Waals surface area contributed by atoms with Crippen LogP contribution in [0, 0.1) is 6.92 Å². The molecule has 1 aliphatic carbocycles. The van der Waals surface area contributed by atoms with E-state index in [1.165, 1.54) is 24.1 Å². The normalized spacial score (nSPS) is 19.3. The molecule has 12 heteroatoms. The van der Waals surface area contributed by atoms with Crippen molar-refractivity contribution in [3.63, 3.8) is 0 Å². The second-order valence-electron chi connectivity index (χ2n) is 11.5. The third-order valence-corrected chi connectivity index (χ3v) is 10.7. The number of fused-ring (bicyclic) bond motifs is 10. The van der Waals surface area contributed by atoms with Crippen molar-refractivity contribution in [1.29, 1.82) is 0 Å². The monoisotopic (exact) mass is 630 g/mol. The molecule has 45 heavy (non-hydrogen) atoms. The molecule has 0 spiro atoms. The highest BCUT2D eigenvalue weighted by Gasteiger charge is 2.38. The van der Waals surface area contributed by atoms with Crippen molar-refractivity contribution in [2.24, 2.45) is 0 Å². The van der Waals surface area contributed by atoms with Gasteiger partial charge in [0.15, 0.2) is 9.84 Å². The fourth-order valence-corrected chi connectivity index (χ4v) is 7.59. The summed E-state index contributed by atoms with van der Waals surface area (Å²) in [4.78, 5) is 43.8. The number of methoxy groups -OCH3 is 1. The Labute approximate surface area is 260 Å². The standard InChI is InChI=1S/C33H34N4O7S/c1-19-14-21-5-10-26(19)28(43-3)18-44-33(40)36-23-7-11-29(45(41,42)25-8-9-25)22(15-23)17-37(2)32(39)30(21)35-24-6-4-20-12-13-34-31(38)27(20)16-24/h4-7,10-16,25,28,30,35H,8-9,17-18H2,1-3H3,(H,34,38)(H,36,40)/t28-,30+/m0/s1. The van der Waals surface area contributed by atoms with Gasteiger partial charge in [-0.1, -0.05) is 24.3 Å². The quantitative estimate of drug-likeness (QED) is 0.284. The van der Waals surface area contributed by atoms with Gasteiger partial charge in [-0.15, -0.1) is 0 Å². The first kappa shape index (κ1) is 30.4. The van der Waals surface area contributed by atoms with Gasteiger partial charge in [0, 0.05) is 43.7 Å². The SMILES string of the molecule is CO[C@H]1COC(=O)Nc2ccc(S(=O)(=O)C3CC3)c(c2)CN(C)C(=O)[C@H](Nc2ccc3cc[nH]c(=O)c3c2)c2ccc1c(C)c2. The minimum absolute atomic E-state index is 0.0386. The van der Waals surface area contributed by atoms with E-state index in [1.807, 2.05) is 25.1 Å². The van der Waals surface area contributed by atoms with Gasteiger partial charge in [0.05, 0.1) is 10.1 Å². The summed E-state index contributed by atoms with van der Waals surface area (Å²) in [6.45, 7) is 1.77. The number of benzene rings is 3. The van der Waals surface area contributed by atoms with Gasteiger partial charge < -0.3 is 24.7 Å². The number of likely N-dealkylation sites (N-methyl/N-ethyl adjacent to an activating group) is 1. The number of hydrogen-bond acceptors (Lipinski definition) is 8. The van der Waals surface area contributed by atoms with Crippen LogP contribution in [0.4, 0.5) is 16.2 Å². The molecule has 1 saturated carbocycles. The van der Waals surface area contributed by atoms with Gasteiger partial charge in [-0.3, -0.25) is 14.9 Å². The van der Waals surface area contributed by atoms with Crippen LogP contribution in [-0.4, -0.2) is 56.3 Å². The first-order valence-corrected chi connectivity index (χ1v) is 16.2. The summed E-state index contributed by atoms with van der Waals surface area (Å²) in [7, 11) is -0.497. The molecular weight excluding hydrogens is 596 g/mol. The van der Waals surface area contributed by atoms with Crippen LogP contribution in [0.5, 0.6) is 0 Å². The lowest BCUT2D eigenvalue weighted by Gasteiger charge is -2.28. The number of amides is 2. The largest absolute Gasteiger partial charge is 0.446 e. The Morgan fingerprint density at radius 1 is 1.00 bits per heavy atom. The smallest absolute Gasteiger partial charge is 0.411 e. The number of sulfone groups is 1. The van der Waals surface area contributed by atoms with Gasteiger partial charge in [-0.05, 0) is 83.8 Å². The number of rotatable bonds is 5. The minimum atomic E-state index is -3.62. The van der Waals surface area contributed by atoms with Gasteiger partial charge in [0.1, 0.15) is 18.8 Å². The summed E-state index contributed by atoms with van der Waals surface area (Å²) in [5, 5.41) is 6.76. The summed E-state index contributed by atoms with van der Waals surface area (Å²) in [5.74, 6) is -0.327. The van der Waals surface area contributed by atoms with Crippen LogP contribution >= 0.6 is 0 Å². The molecule has 2 aliphatic heterocycles. The molecule has 11 nitrogen and oxygen atoms in total. The molecule has 2 amide bonds. The molecule has 3 aromatic carbocycles. The zero-order chi connectivity index (χ0) is 31.9. The van der Waals surface area contributed by atoms with Crippen LogP contribution in [0.25, 0.3) is 10.8 Å². The third-order valence-electron chi connectivity index (χ3n) is 8.32. The van der Waals surface area contributed by atoms with Crippen LogP contribution < -0.4 is 16.2 Å². The van der Waals surface area contributed by atoms with Crippen LogP contribution in [0.15, 0.2) is 76.6 Å². The molecule has 234 valence electrons. The van der Waals surface area contributed by atoms with Gasteiger partial charge in [0.2, 0.25) is 5.91 Å². The molecule has 3 heterocycles. The lowest BCUT2D eigenvalue weighted by molar-refractivity contribution is -0.131. The first-order valence-electron chi connectivity index (χ1n) is 14.6. The number of aromatic amines is 1. The molecule has 3 N–H and O–H groups in total. The summed E-state index contributed by atoms with van der Waals surface area (Å²) in [6, 6.07) is 16.3. The van der Waals surface area contributed by atoms with E-state index in [1.54, 1.807) is 43.6 Å². The Balaban J connectivity index is 1.45. The predicted octanol–water partition coefficient (Wildman–Crippen LogP) is 4.83. The van der Waals surface area contributed by atoms with Crippen molar-refractivity contribution in [2.75, 3.05) is 31.4 Å². The number of nitrogens with zero attached hydrogens (tertiary/aromatic N) is 1. The molecule has 2 atom stereocenters. The fourth-order valence-electron chi connectivity index (χ4n) is 5.73. The van der Waals surface area contributed by atoms with E-state index in [4.69, 9.17) is 9.47 Å². The number of carbonyl (C=O) groups is 2. The predicted molar refractivity (Wildman–Crippen MR) is 170 cm³/mol. The Morgan fingerprint density at radius 3 is 2.53 bits per heavy atom. The Kier molecular flexibility index (Phi) is 8.10.